The van der Waals surface area contributed by atoms with Gasteiger partial charge in [0.1, 0.15) is 23.0 Å². The van der Waals surface area contributed by atoms with Gasteiger partial charge in [-0.3, -0.25) is 4.79 Å². The average molecular weight is 325 g/mol. The van der Waals surface area contributed by atoms with Gasteiger partial charge in [-0.2, -0.15) is 0 Å². The summed E-state index contributed by atoms with van der Waals surface area (Å²) in [5, 5.41) is 3.64. The molecular weight excluding hydrogens is 306 g/mol. The van der Waals surface area contributed by atoms with E-state index < -0.39 is 0 Å². The van der Waals surface area contributed by atoms with E-state index in [0.717, 1.165) is 16.5 Å². The van der Waals surface area contributed by atoms with E-state index in [1.807, 2.05) is 38.2 Å². The van der Waals surface area contributed by atoms with Gasteiger partial charge < -0.3 is 19.4 Å². The van der Waals surface area contributed by atoms with Crippen LogP contribution in [0.5, 0.6) is 11.5 Å². The number of hydrogen-bond donors (Lipinski definition) is 1. The van der Waals surface area contributed by atoms with Gasteiger partial charge in [0, 0.05) is 18.6 Å². The number of aryl methyl sites for hydroxylation is 2. The van der Waals surface area contributed by atoms with Crippen molar-refractivity contribution in [2.75, 3.05) is 19.5 Å². The van der Waals surface area contributed by atoms with Crippen molar-refractivity contribution in [3.05, 3.63) is 47.8 Å². The first-order chi connectivity index (χ1) is 11.5. The molecule has 1 aromatic carbocycles. The van der Waals surface area contributed by atoms with Crippen LogP contribution in [0.3, 0.4) is 0 Å². The summed E-state index contributed by atoms with van der Waals surface area (Å²) in [5.41, 5.74) is 2.33. The van der Waals surface area contributed by atoms with Crippen molar-refractivity contribution in [1.29, 1.82) is 0 Å². The largest absolute Gasteiger partial charge is 0.496 e. The maximum atomic E-state index is 12.7. The summed E-state index contributed by atoms with van der Waals surface area (Å²) < 4.78 is 12.6. The maximum absolute atomic E-state index is 12.7. The molecule has 24 heavy (non-hydrogen) atoms. The molecule has 124 valence electrons. The zero-order valence-electron chi connectivity index (χ0n) is 14.1. The smallest absolute Gasteiger partial charge is 0.273 e. The zero-order chi connectivity index (χ0) is 17.3. The van der Waals surface area contributed by atoms with Crippen molar-refractivity contribution < 1.29 is 14.3 Å². The Balaban J connectivity index is 2.06. The third-order valence-corrected chi connectivity index (χ3v) is 3.95. The van der Waals surface area contributed by atoms with E-state index in [2.05, 4.69) is 10.3 Å². The molecule has 0 radical (unpaired) electrons. The van der Waals surface area contributed by atoms with Crippen LogP contribution in [-0.2, 0) is 7.05 Å². The predicted octanol–water partition coefficient (Wildman–Crippen LogP) is 3.15. The number of benzene rings is 1. The summed E-state index contributed by atoms with van der Waals surface area (Å²) in [7, 11) is 5.03. The second kappa shape index (κ2) is 6.23. The first-order valence-electron chi connectivity index (χ1n) is 7.49. The molecular formula is C18H19N3O3. The number of hydrogen-bond acceptors (Lipinski definition) is 4. The van der Waals surface area contributed by atoms with Crippen LogP contribution in [0.25, 0.3) is 10.9 Å². The van der Waals surface area contributed by atoms with Gasteiger partial charge in [-0.1, -0.05) is 0 Å². The van der Waals surface area contributed by atoms with Crippen molar-refractivity contribution in [1.82, 2.24) is 9.55 Å². The minimum Gasteiger partial charge on any atom is -0.496 e. The number of nitrogens with one attached hydrogen (secondary N) is 1. The monoisotopic (exact) mass is 325 g/mol. The van der Waals surface area contributed by atoms with Gasteiger partial charge in [0.15, 0.2) is 0 Å². The van der Waals surface area contributed by atoms with Crippen molar-refractivity contribution in [2.45, 2.75) is 6.92 Å². The van der Waals surface area contributed by atoms with Crippen molar-refractivity contribution in [3.63, 3.8) is 0 Å². The van der Waals surface area contributed by atoms with Crippen LogP contribution >= 0.6 is 0 Å². The number of ether oxygens (including phenoxy) is 2. The van der Waals surface area contributed by atoms with E-state index in [1.54, 1.807) is 31.0 Å². The second-order valence-corrected chi connectivity index (χ2v) is 5.49. The van der Waals surface area contributed by atoms with Crippen molar-refractivity contribution >= 4 is 22.6 Å². The molecule has 0 spiro atoms. The Labute approximate surface area is 140 Å². The third-order valence-electron chi connectivity index (χ3n) is 3.95. The number of amides is 1. The topological polar surface area (TPSA) is 65.4 Å². The highest BCUT2D eigenvalue weighted by Gasteiger charge is 2.19. The maximum Gasteiger partial charge on any atom is 0.273 e. The molecule has 0 unspecified atom stereocenters. The first-order valence-corrected chi connectivity index (χ1v) is 7.49. The molecule has 0 fully saturated rings. The Morgan fingerprint density at radius 2 is 1.83 bits per heavy atom. The molecule has 0 aliphatic carbocycles. The fourth-order valence-electron chi connectivity index (χ4n) is 2.75. The van der Waals surface area contributed by atoms with Crippen LogP contribution in [0.15, 0.2) is 36.5 Å². The number of nitrogens with zero attached hydrogens (tertiary/aromatic N) is 2. The SMILES string of the molecule is COc1ccc(OC)c2c1cc(C(=O)Nc1cc(C)ccn1)n2C. The lowest BCUT2D eigenvalue weighted by atomic mass is 10.2. The number of carbonyl (C=O) groups is 1. The van der Waals surface area contributed by atoms with E-state index in [4.69, 9.17) is 9.47 Å². The zero-order valence-corrected chi connectivity index (χ0v) is 14.1. The van der Waals surface area contributed by atoms with E-state index in [9.17, 15) is 4.79 Å². The minimum absolute atomic E-state index is 0.240. The number of fused-ring (bicyclic) bond motifs is 1. The second-order valence-electron chi connectivity index (χ2n) is 5.49. The molecule has 2 aromatic heterocycles. The summed E-state index contributed by atoms with van der Waals surface area (Å²) in [6.45, 7) is 1.95. The van der Waals surface area contributed by atoms with Gasteiger partial charge in [0.25, 0.3) is 5.91 Å². The van der Waals surface area contributed by atoms with E-state index in [1.165, 1.54) is 0 Å². The first kappa shape index (κ1) is 15.9. The van der Waals surface area contributed by atoms with E-state index in [-0.39, 0.29) is 5.91 Å². The summed E-state index contributed by atoms with van der Waals surface area (Å²) >= 11 is 0. The van der Waals surface area contributed by atoms with Crippen LogP contribution in [0.1, 0.15) is 16.1 Å². The summed E-state index contributed by atoms with van der Waals surface area (Å²) in [6, 6.07) is 9.14. The molecule has 6 heteroatoms. The molecule has 2 heterocycles. The summed E-state index contributed by atoms with van der Waals surface area (Å²) in [6.07, 6.45) is 1.67. The van der Waals surface area contributed by atoms with Gasteiger partial charge in [-0.05, 0) is 42.8 Å². The molecule has 1 amide bonds. The molecule has 0 saturated carbocycles. The molecule has 0 atom stereocenters. The molecule has 6 nitrogen and oxygen atoms in total. The van der Waals surface area contributed by atoms with Gasteiger partial charge in [0.2, 0.25) is 0 Å². The molecule has 0 bridgehead atoms. The van der Waals surface area contributed by atoms with Crippen LogP contribution in [0.2, 0.25) is 0 Å². The Morgan fingerprint density at radius 1 is 1.12 bits per heavy atom. The lowest BCUT2D eigenvalue weighted by molar-refractivity contribution is 0.101. The fourth-order valence-corrected chi connectivity index (χ4v) is 2.75. The molecule has 1 N–H and O–H groups in total. The van der Waals surface area contributed by atoms with Crippen LogP contribution in [-0.4, -0.2) is 29.7 Å². The molecule has 0 saturated heterocycles. The van der Waals surface area contributed by atoms with E-state index in [0.29, 0.717) is 23.0 Å². The summed E-state index contributed by atoms with van der Waals surface area (Å²) in [5.74, 6) is 1.65. The highest BCUT2D eigenvalue weighted by atomic mass is 16.5. The van der Waals surface area contributed by atoms with Crippen molar-refractivity contribution in [3.8, 4) is 11.5 Å². The fraction of sp³-hybridized carbons (Fsp3) is 0.222. The van der Waals surface area contributed by atoms with Gasteiger partial charge in [-0.15, -0.1) is 0 Å². The third kappa shape index (κ3) is 2.67. The highest BCUT2D eigenvalue weighted by Crippen LogP contribution is 2.35. The molecule has 0 aliphatic heterocycles. The Hall–Kier alpha value is -3.02. The lowest BCUT2D eigenvalue weighted by Gasteiger charge is -2.09. The summed E-state index contributed by atoms with van der Waals surface area (Å²) in [4.78, 5) is 16.8. The Kier molecular flexibility index (Phi) is 4.12. The highest BCUT2D eigenvalue weighted by molar-refractivity contribution is 6.07. The number of methoxy groups -OCH3 is 2. The van der Waals surface area contributed by atoms with Gasteiger partial charge in [0.05, 0.1) is 19.7 Å². The Morgan fingerprint density at radius 3 is 2.50 bits per heavy atom. The number of pyridine rings is 1. The molecule has 3 aromatic rings. The standard InChI is InChI=1S/C18H19N3O3/c1-11-7-8-19-16(9-11)20-18(22)13-10-12-14(23-3)5-6-15(24-4)17(12)21(13)2/h5-10H,1-4H3,(H,19,20,22). The van der Waals surface area contributed by atoms with Crippen LogP contribution in [0, 0.1) is 6.92 Å². The van der Waals surface area contributed by atoms with Crippen LogP contribution in [0.4, 0.5) is 5.82 Å². The molecule has 3 rings (SSSR count). The van der Waals surface area contributed by atoms with Gasteiger partial charge >= 0.3 is 0 Å². The molecule has 0 aliphatic rings. The normalized spacial score (nSPS) is 10.7. The Bertz CT molecular complexity index is 915. The number of carbonyl (C=O) groups excluding carboxylic acids is 1. The predicted molar refractivity (Wildman–Crippen MR) is 93.0 cm³/mol. The van der Waals surface area contributed by atoms with Crippen molar-refractivity contribution in [2.24, 2.45) is 7.05 Å². The van der Waals surface area contributed by atoms with Gasteiger partial charge in [-0.25, -0.2) is 4.98 Å². The number of rotatable bonds is 4. The lowest BCUT2D eigenvalue weighted by Crippen LogP contribution is -2.16. The number of aromatic nitrogens is 2. The number of anilines is 1. The quantitative estimate of drug-likeness (QED) is 0.800. The van der Waals surface area contributed by atoms with Crippen LogP contribution < -0.4 is 14.8 Å². The van der Waals surface area contributed by atoms with E-state index >= 15 is 0 Å². The average Bonchev–Trinajstić information content (AvgIpc) is 2.92. The minimum atomic E-state index is -0.240.